The number of allylic oxidation sites excluding steroid dienone is 1. The smallest absolute Gasteiger partial charge is 0.312 e. The lowest BCUT2D eigenvalue weighted by atomic mass is 9.60. The van der Waals surface area contributed by atoms with E-state index in [1.807, 2.05) is 6.92 Å². The molecular formula is C19H24O4. The second kappa shape index (κ2) is 3.84. The number of ether oxygens (including phenoxy) is 1. The van der Waals surface area contributed by atoms with Gasteiger partial charge in [0.15, 0.2) is 0 Å². The molecule has 4 aliphatic carbocycles. The lowest BCUT2D eigenvalue weighted by Crippen LogP contribution is -2.47. The van der Waals surface area contributed by atoms with Crippen LogP contribution in [0.3, 0.4) is 0 Å². The molecule has 4 bridgehead atoms. The SMILES string of the molecule is C=C1C[C@]23CC1CC[C@H]2[C@@]12CCCC(C)(C(=O)O1)C2[C@@H]3C(=O)O. The quantitative estimate of drug-likeness (QED) is 0.596. The third kappa shape index (κ3) is 1.29. The van der Waals surface area contributed by atoms with Gasteiger partial charge in [-0.2, -0.15) is 0 Å². The molecule has 5 rings (SSSR count). The number of aliphatic carboxylic acids is 1. The first-order valence-corrected chi connectivity index (χ1v) is 8.99. The van der Waals surface area contributed by atoms with E-state index >= 15 is 0 Å². The number of rotatable bonds is 1. The average molecular weight is 316 g/mol. The first kappa shape index (κ1) is 14.1. The molecule has 0 radical (unpaired) electrons. The predicted molar refractivity (Wildman–Crippen MR) is 82.4 cm³/mol. The highest BCUT2D eigenvalue weighted by Crippen LogP contribution is 2.77. The van der Waals surface area contributed by atoms with Gasteiger partial charge in [-0.25, -0.2) is 0 Å². The van der Waals surface area contributed by atoms with E-state index in [0.29, 0.717) is 5.92 Å². The maximum atomic E-state index is 12.7. The van der Waals surface area contributed by atoms with Gasteiger partial charge in [-0.1, -0.05) is 12.2 Å². The van der Waals surface area contributed by atoms with Crippen LogP contribution < -0.4 is 0 Å². The Hall–Kier alpha value is -1.32. The maximum absolute atomic E-state index is 12.7. The summed E-state index contributed by atoms with van der Waals surface area (Å²) in [7, 11) is 0. The van der Waals surface area contributed by atoms with Crippen molar-refractivity contribution in [3.63, 3.8) is 0 Å². The van der Waals surface area contributed by atoms with Crippen LogP contribution in [0.1, 0.15) is 51.9 Å². The van der Waals surface area contributed by atoms with Crippen molar-refractivity contribution < 1.29 is 19.4 Å². The first-order chi connectivity index (χ1) is 10.9. The van der Waals surface area contributed by atoms with Crippen LogP contribution in [0.2, 0.25) is 0 Å². The Morgan fingerprint density at radius 1 is 1.35 bits per heavy atom. The second-order valence-electron chi connectivity index (χ2n) is 9.01. The van der Waals surface area contributed by atoms with Gasteiger partial charge in [0.2, 0.25) is 0 Å². The van der Waals surface area contributed by atoms with E-state index in [9.17, 15) is 14.7 Å². The standard InChI is InChI=1S/C19H24O4/c1-10-8-18-9-11(10)4-5-12(18)19-7-3-6-17(2,16(22)23-19)14(19)13(18)15(20)21/h11-14H,1,3-9H2,2H3,(H,20,21)/t11?,12-,13-,14?,17?,18+,19-/m1/s1. The lowest BCUT2D eigenvalue weighted by molar-refractivity contribution is -0.160. The zero-order valence-corrected chi connectivity index (χ0v) is 13.6. The zero-order valence-electron chi connectivity index (χ0n) is 13.6. The summed E-state index contributed by atoms with van der Waals surface area (Å²) >= 11 is 0. The minimum atomic E-state index is -0.719. The van der Waals surface area contributed by atoms with Crippen molar-refractivity contribution >= 4 is 11.9 Å². The molecule has 1 heterocycles. The molecule has 124 valence electrons. The largest absolute Gasteiger partial charge is 0.481 e. The molecule has 7 atom stereocenters. The number of carboxylic acids is 1. The summed E-state index contributed by atoms with van der Waals surface area (Å²) < 4.78 is 6.10. The summed E-state index contributed by atoms with van der Waals surface area (Å²) in [5.74, 6) is -0.771. The molecule has 4 heteroatoms. The van der Waals surface area contributed by atoms with Crippen LogP contribution in [0.5, 0.6) is 0 Å². The van der Waals surface area contributed by atoms with Gasteiger partial charge in [0.1, 0.15) is 5.60 Å². The van der Waals surface area contributed by atoms with Crippen molar-refractivity contribution in [3.8, 4) is 0 Å². The molecule has 0 amide bonds. The van der Waals surface area contributed by atoms with Crippen LogP contribution in [0, 0.1) is 34.5 Å². The van der Waals surface area contributed by atoms with E-state index in [0.717, 1.165) is 44.9 Å². The Labute approximate surface area is 136 Å². The number of hydrogen-bond donors (Lipinski definition) is 1. The zero-order chi connectivity index (χ0) is 16.2. The summed E-state index contributed by atoms with van der Waals surface area (Å²) in [6, 6.07) is 0. The maximum Gasteiger partial charge on any atom is 0.312 e. The number of carbonyl (C=O) groups excluding carboxylic acids is 1. The van der Waals surface area contributed by atoms with E-state index in [1.54, 1.807) is 0 Å². The molecule has 4 nitrogen and oxygen atoms in total. The molecule has 5 aliphatic rings. The van der Waals surface area contributed by atoms with Crippen molar-refractivity contribution in [3.05, 3.63) is 12.2 Å². The molecule has 0 aromatic heterocycles. The van der Waals surface area contributed by atoms with Crippen LogP contribution >= 0.6 is 0 Å². The van der Waals surface area contributed by atoms with Gasteiger partial charge in [0.25, 0.3) is 0 Å². The molecule has 1 spiro atoms. The van der Waals surface area contributed by atoms with E-state index in [4.69, 9.17) is 4.74 Å². The Morgan fingerprint density at radius 2 is 2.13 bits per heavy atom. The molecule has 5 fully saturated rings. The Balaban J connectivity index is 1.75. The third-order valence-corrected chi connectivity index (χ3v) is 8.29. The normalized spacial score (nSPS) is 56.2. The molecule has 1 saturated heterocycles. The van der Waals surface area contributed by atoms with Crippen LogP contribution in [-0.2, 0) is 14.3 Å². The van der Waals surface area contributed by atoms with Crippen LogP contribution in [0.25, 0.3) is 0 Å². The van der Waals surface area contributed by atoms with Crippen LogP contribution in [0.15, 0.2) is 12.2 Å². The van der Waals surface area contributed by atoms with Crippen molar-refractivity contribution in [2.75, 3.05) is 0 Å². The Bertz CT molecular complexity index is 654. The highest BCUT2D eigenvalue weighted by Gasteiger charge is 2.81. The van der Waals surface area contributed by atoms with Crippen molar-refractivity contribution in [2.45, 2.75) is 57.5 Å². The van der Waals surface area contributed by atoms with E-state index in [2.05, 4.69) is 6.58 Å². The molecule has 23 heavy (non-hydrogen) atoms. The molecule has 0 aromatic carbocycles. The van der Waals surface area contributed by atoms with Crippen LogP contribution in [0.4, 0.5) is 0 Å². The highest BCUT2D eigenvalue weighted by atomic mass is 16.6. The predicted octanol–water partition coefficient (Wildman–Crippen LogP) is 3.17. The van der Waals surface area contributed by atoms with Gasteiger partial charge in [0.05, 0.1) is 11.3 Å². The van der Waals surface area contributed by atoms with Gasteiger partial charge in [-0.05, 0) is 63.2 Å². The highest BCUT2D eigenvalue weighted by molar-refractivity contribution is 5.84. The van der Waals surface area contributed by atoms with Gasteiger partial charge in [-0.3, -0.25) is 9.59 Å². The number of fused-ring (bicyclic) bond motifs is 1. The summed E-state index contributed by atoms with van der Waals surface area (Å²) in [5.41, 5.74) is -0.0978. The molecule has 1 aliphatic heterocycles. The summed E-state index contributed by atoms with van der Waals surface area (Å²) in [4.78, 5) is 25.0. The monoisotopic (exact) mass is 316 g/mol. The molecular weight excluding hydrogens is 292 g/mol. The van der Waals surface area contributed by atoms with Gasteiger partial charge in [-0.15, -0.1) is 0 Å². The summed E-state index contributed by atoms with van der Waals surface area (Å²) in [6.07, 6.45) is 6.45. The van der Waals surface area contributed by atoms with E-state index in [-0.39, 0.29) is 23.2 Å². The Morgan fingerprint density at radius 3 is 2.87 bits per heavy atom. The van der Waals surface area contributed by atoms with Gasteiger partial charge >= 0.3 is 11.9 Å². The molecule has 4 saturated carbocycles. The topological polar surface area (TPSA) is 63.6 Å². The van der Waals surface area contributed by atoms with Gasteiger partial charge < -0.3 is 9.84 Å². The Kier molecular flexibility index (Phi) is 2.35. The van der Waals surface area contributed by atoms with Crippen LogP contribution in [-0.4, -0.2) is 22.6 Å². The van der Waals surface area contributed by atoms with E-state index < -0.39 is 22.9 Å². The lowest BCUT2D eigenvalue weighted by Gasteiger charge is -2.43. The summed E-state index contributed by atoms with van der Waals surface area (Å²) in [5, 5.41) is 10.2. The van der Waals surface area contributed by atoms with Crippen molar-refractivity contribution in [2.24, 2.45) is 34.5 Å². The third-order valence-electron chi connectivity index (χ3n) is 8.29. The first-order valence-electron chi connectivity index (χ1n) is 8.99. The molecule has 1 N–H and O–H groups in total. The van der Waals surface area contributed by atoms with E-state index in [1.165, 1.54) is 5.57 Å². The summed E-state index contributed by atoms with van der Waals surface area (Å²) in [6.45, 7) is 6.22. The van der Waals surface area contributed by atoms with Gasteiger partial charge in [0, 0.05) is 11.8 Å². The minimum Gasteiger partial charge on any atom is -0.481 e. The average Bonchev–Trinajstić information content (AvgIpc) is 2.92. The molecule has 3 unspecified atom stereocenters. The number of carbonyl (C=O) groups is 2. The minimum absolute atomic E-state index is 0.139. The number of hydrogen-bond acceptors (Lipinski definition) is 3. The number of esters is 1. The fraction of sp³-hybridized carbons (Fsp3) is 0.789. The van der Waals surface area contributed by atoms with Crippen molar-refractivity contribution in [1.82, 2.24) is 0 Å². The van der Waals surface area contributed by atoms with Crippen molar-refractivity contribution in [1.29, 1.82) is 0 Å². The number of carboxylic acid groups (broad SMARTS) is 1. The fourth-order valence-corrected chi connectivity index (χ4v) is 7.70. The second-order valence-corrected chi connectivity index (χ2v) is 9.01. The fourth-order valence-electron chi connectivity index (χ4n) is 7.70. The molecule has 0 aromatic rings.